The quantitative estimate of drug-likeness (QED) is 0.851. The standard InChI is InChI=1S/C13H17F2NO/c14-13(15)9-16-7-6-11(13)8-12(17)10-4-2-1-3-5-10/h1-5,11-12,16-17H,6-9H2. The molecule has 1 saturated heterocycles. The molecule has 1 fully saturated rings. The van der Waals surface area contributed by atoms with Gasteiger partial charge in [0.05, 0.1) is 12.6 Å². The molecule has 1 aromatic carbocycles. The van der Waals surface area contributed by atoms with E-state index in [1.807, 2.05) is 6.07 Å². The number of piperidine rings is 1. The Morgan fingerprint density at radius 3 is 2.71 bits per heavy atom. The van der Waals surface area contributed by atoms with Crippen molar-refractivity contribution < 1.29 is 13.9 Å². The van der Waals surface area contributed by atoms with Gasteiger partial charge in [-0.15, -0.1) is 0 Å². The summed E-state index contributed by atoms with van der Waals surface area (Å²) in [5.74, 6) is -3.45. The average molecular weight is 241 g/mol. The van der Waals surface area contributed by atoms with E-state index in [0.717, 1.165) is 0 Å². The second-order valence-corrected chi connectivity index (χ2v) is 4.59. The summed E-state index contributed by atoms with van der Waals surface area (Å²) < 4.78 is 27.1. The van der Waals surface area contributed by atoms with Crippen molar-refractivity contribution in [1.82, 2.24) is 5.32 Å². The predicted molar refractivity (Wildman–Crippen MR) is 61.9 cm³/mol. The lowest BCUT2D eigenvalue weighted by atomic mass is 9.87. The molecule has 0 amide bonds. The fraction of sp³-hybridized carbons (Fsp3) is 0.538. The minimum Gasteiger partial charge on any atom is -0.388 e. The zero-order valence-corrected chi connectivity index (χ0v) is 9.57. The number of halogens is 2. The summed E-state index contributed by atoms with van der Waals surface area (Å²) in [6, 6.07) is 8.99. The molecule has 0 aromatic heterocycles. The average Bonchev–Trinajstić information content (AvgIpc) is 2.33. The van der Waals surface area contributed by atoms with Crippen molar-refractivity contribution in [3.05, 3.63) is 35.9 Å². The van der Waals surface area contributed by atoms with Crippen molar-refractivity contribution >= 4 is 0 Å². The lowest BCUT2D eigenvalue weighted by Gasteiger charge is -2.33. The van der Waals surface area contributed by atoms with E-state index in [2.05, 4.69) is 5.32 Å². The Labute approximate surface area is 99.7 Å². The number of hydrogen-bond donors (Lipinski definition) is 2. The van der Waals surface area contributed by atoms with Crippen molar-refractivity contribution in [3.63, 3.8) is 0 Å². The Morgan fingerprint density at radius 2 is 2.06 bits per heavy atom. The highest BCUT2D eigenvalue weighted by atomic mass is 19.3. The molecule has 0 spiro atoms. The molecule has 0 aliphatic carbocycles. The first-order chi connectivity index (χ1) is 8.09. The molecule has 0 radical (unpaired) electrons. The van der Waals surface area contributed by atoms with Gasteiger partial charge in [-0.3, -0.25) is 0 Å². The van der Waals surface area contributed by atoms with Gasteiger partial charge < -0.3 is 10.4 Å². The number of aliphatic hydroxyl groups is 1. The molecule has 1 aromatic rings. The summed E-state index contributed by atoms with van der Waals surface area (Å²) in [5, 5.41) is 12.6. The smallest absolute Gasteiger partial charge is 0.263 e. The summed E-state index contributed by atoms with van der Waals surface area (Å²) in [4.78, 5) is 0. The van der Waals surface area contributed by atoms with Gasteiger partial charge in [-0.1, -0.05) is 30.3 Å². The van der Waals surface area contributed by atoms with Crippen LogP contribution in [0.2, 0.25) is 0 Å². The van der Waals surface area contributed by atoms with E-state index in [9.17, 15) is 13.9 Å². The van der Waals surface area contributed by atoms with Crippen LogP contribution in [-0.4, -0.2) is 24.1 Å². The third-order valence-corrected chi connectivity index (χ3v) is 3.32. The topological polar surface area (TPSA) is 32.3 Å². The maximum absolute atomic E-state index is 13.6. The second kappa shape index (κ2) is 5.10. The molecule has 1 heterocycles. The van der Waals surface area contributed by atoms with Gasteiger partial charge in [-0.2, -0.15) is 0 Å². The highest BCUT2D eigenvalue weighted by molar-refractivity contribution is 5.17. The monoisotopic (exact) mass is 241 g/mol. The zero-order valence-electron chi connectivity index (χ0n) is 9.57. The SMILES string of the molecule is OC(CC1CCNCC1(F)F)c1ccccc1. The first-order valence-corrected chi connectivity index (χ1v) is 5.91. The lowest BCUT2D eigenvalue weighted by molar-refractivity contribution is -0.0877. The Balaban J connectivity index is 2.00. The Morgan fingerprint density at radius 1 is 1.35 bits per heavy atom. The van der Waals surface area contributed by atoms with Crippen LogP contribution in [0.25, 0.3) is 0 Å². The van der Waals surface area contributed by atoms with Crippen molar-refractivity contribution in [3.8, 4) is 0 Å². The van der Waals surface area contributed by atoms with Crippen molar-refractivity contribution in [1.29, 1.82) is 0 Å². The molecule has 2 rings (SSSR count). The van der Waals surface area contributed by atoms with Crippen LogP contribution in [0.1, 0.15) is 24.5 Å². The van der Waals surface area contributed by atoms with E-state index in [0.29, 0.717) is 18.5 Å². The highest BCUT2D eigenvalue weighted by Gasteiger charge is 2.42. The highest BCUT2D eigenvalue weighted by Crippen LogP contribution is 2.36. The molecule has 0 saturated carbocycles. The molecule has 2 nitrogen and oxygen atoms in total. The van der Waals surface area contributed by atoms with Crippen LogP contribution in [0.5, 0.6) is 0 Å². The third-order valence-electron chi connectivity index (χ3n) is 3.32. The molecule has 94 valence electrons. The molecule has 2 N–H and O–H groups in total. The van der Waals surface area contributed by atoms with Crippen LogP contribution in [0.3, 0.4) is 0 Å². The van der Waals surface area contributed by atoms with E-state index in [4.69, 9.17) is 0 Å². The summed E-state index contributed by atoms with van der Waals surface area (Å²) in [7, 11) is 0. The first-order valence-electron chi connectivity index (χ1n) is 5.91. The van der Waals surface area contributed by atoms with Crippen molar-refractivity contribution in [2.75, 3.05) is 13.1 Å². The van der Waals surface area contributed by atoms with E-state index in [-0.39, 0.29) is 13.0 Å². The number of rotatable bonds is 3. The molecular weight excluding hydrogens is 224 g/mol. The molecule has 1 aliphatic rings. The number of nitrogens with one attached hydrogen (secondary N) is 1. The molecule has 1 aliphatic heterocycles. The second-order valence-electron chi connectivity index (χ2n) is 4.59. The maximum atomic E-state index is 13.6. The van der Waals surface area contributed by atoms with Gasteiger partial charge in [-0.05, 0) is 24.9 Å². The van der Waals surface area contributed by atoms with Crippen LogP contribution in [0, 0.1) is 5.92 Å². The van der Waals surface area contributed by atoms with E-state index in [1.54, 1.807) is 24.3 Å². The predicted octanol–water partition coefficient (Wildman–Crippen LogP) is 2.35. The number of hydrogen-bond acceptors (Lipinski definition) is 2. The van der Waals surface area contributed by atoms with Gasteiger partial charge in [0.15, 0.2) is 0 Å². The molecule has 4 heteroatoms. The summed E-state index contributed by atoms with van der Waals surface area (Å²) in [5.41, 5.74) is 0.710. The molecule has 17 heavy (non-hydrogen) atoms. The van der Waals surface area contributed by atoms with Gasteiger partial charge in [0.2, 0.25) is 0 Å². The molecular formula is C13H17F2NO. The Hall–Kier alpha value is -1.00. The first kappa shape index (κ1) is 12.5. The Bertz CT molecular complexity index is 356. The Kier molecular flexibility index (Phi) is 3.74. The van der Waals surface area contributed by atoms with Crippen LogP contribution < -0.4 is 5.32 Å². The zero-order chi connectivity index (χ0) is 12.3. The van der Waals surface area contributed by atoms with Crippen LogP contribution >= 0.6 is 0 Å². The lowest BCUT2D eigenvalue weighted by Crippen LogP contribution is -2.46. The van der Waals surface area contributed by atoms with Gasteiger partial charge in [0.1, 0.15) is 0 Å². The minimum atomic E-state index is -2.71. The normalized spacial score (nSPS) is 25.5. The third kappa shape index (κ3) is 3.01. The molecule has 2 atom stereocenters. The summed E-state index contributed by atoms with van der Waals surface area (Å²) in [6.07, 6.45) is -0.263. The van der Waals surface area contributed by atoms with Gasteiger partial charge in [0, 0.05) is 5.92 Å². The summed E-state index contributed by atoms with van der Waals surface area (Å²) in [6.45, 7) is 0.320. The largest absolute Gasteiger partial charge is 0.388 e. The maximum Gasteiger partial charge on any atom is 0.263 e. The van der Waals surface area contributed by atoms with Crippen molar-refractivity contribution in [2.24, 2.45) is 5.92 Å². The molecule has 0 bridgehead atoms. The fourth-order valence-corrected chi connectivity index (χ4v) is 2.26. The number of aliphatic hydroxyl groups excluding tert-OH is 1. The van der Waals surface area contributed by atoms with Crippen molar-refractivity contribution in [2.45, 2.75) is 24.9 Å². The van der Waals surface area contributed by atoms with Crippen LogP contribution in [0.15, 0.2) is 30.3 Å². The fourth-order valence-electron chi connectivity index (χ4n) is 2.26. The minimum absolute atomic E-state index is 0.124. The van der Waals surface area contributed by atoms with Crippen LogP contribution in [-0.2, 0) is 0 Å². The summed E-state index contributed by atoms with van der Waals surface area (Å²) >= 11 is 0. The van der Waals surface area contributed by atoms with E-state index < -0.39 is 17.9 Å². The van der Waals surface area contributed by atoms with Crippen LogP contribution in [0.4, 0.5) is 8.78 Å². The van der Waals surface area contributed by atoms with Gasteiger partial charge >= 0.3 is 0 Å². The van der Waals surface area contributed by atoms with E-state index in [1.165, 1.54) is 0 Å². The van der Waals surface area contributed by atoms with Gasteiger partial charge in [-0.25, -0.2) is 8.78 Å². The van der Waals surface area contributed by atoms with E-state index >= 15 is 0 Å². The van der Waals surface area contributed by atoms with Gasteiger partial charge in [0.25, 0.3) is 5.92 Å². The number of benzene rings is 1. The number of alkyl halides is 2. The molecule has 2 unspecified atom stereocenters.